The van der Waals surface area contributed by atoms with E-state index in [1.807, 2.05) is 72.8 Å². The third kappa shape index (κ3) is 4.21. The minimum absolute atomic E-state index is 0.162. The highest BCUT2D eigenvalue weighted by atomic mass is 16.3. The molecule has 0 saturated carbocycles. The van der Waals surface area contributed by atoms with E-state index in [-0.39, 0.29) is 5.91 Å². The van der Waals surface area contributed by atoms with E-state index < -0.39 is 0 Å². The van der Waals surface area contributed by atoms with Gasteiger partial charge in [-0.2, -0.15) is 0 Å². The van der Waals surface area contributed by atoms with Gasteiger partial charge in [0.25, 0.3) is 5.91 Å². The highest BCUT2D eigenvalue weighted by Gasteiger charge is 2.11. The Kier molecular flexibility index (Phi) is 4.99. The number of amides is 1. The standard InChI is InChI=1S/C26H19N3O2/c30-25(20-9-4-8-19(15-20)14-18-6-2-1-3-7-18)28-22-11-12-24-23(16-22)29-26(31-24)21-10-5-13-27-17-21/h1-13,15-17H,14H2,(H,28,30). The number of benzene rings is 3. The van der Waals surface area contributed by atoms with E-state index in [0.717, 1.165) is 17.5 Å². The molecule has 31 heavy (non-hydrogen) atoms. The molecule has 5 rings (SSSR count). The van der Waals surface area contributed by atoms with Gasteiger partial charge in [0, 0.05) is 23.6 Å². The van der Waals surface area contributed by atoms with Crippen molar-refractivity contribution in [2.75, 3.05) is 5.32 Å². The van der Waals surface area contributed by atoms with Crippen LogP contribution in [0.1, 0.15) is 21.5 Å². The topological polar surface area (TPSA) is 68.0 Å². The zero-order chi connectivity index (χ0) is 21.0. The molecule has 2 aromatic heterocycles. The van der Waals surface area contributed by atoms with Gasteiger partial charge in [-0.25, -0.2) is 4.98 Å². The molecule has 0 spiro atoms. The second kappa shape index (κ2) is 8.24. The molecule has 0 aliphatic carbocycles. The third-order valence-electron chi connectivity index (χ3n) is 4.99. The SMILES string of the molecule is O=C(Nc1ccc2oc(-c3cccnc3)nc2c1)c1cccc(Cc2ccccc2)c1. The number of aromatic nitrogens is 2. The van der Waals surface area contributed by atoms with Crippen molar-refractivity contribution in [3.63, 3.8) is 0 Å². The minimum atomic E-state index is -0.162. The monoisotopic (exact) mass is 405 g/mol. The number of rotatable bonds is 5. The number of oxazole rings is 1. The summed E-state index contributed by atoms with van der Waals surface area (Å²) in [6, 6.07) is 27.1. The summed E-state index contributed by atoms with van der Waals surface area (Å²) in [7, 11) is 0. The molecule has 150 valence electrons. The largest absolute Gasteiger partial charge is 0.436 e. The Morgan fingerprint density at radius 2 is 1.74 bits per heavy atom. The molecule has 0 aliphatic heterocycles. The lowest BCUT2D eigenvalue weighted by atomic mass is 10.0. The molecule has 0 radical (unpaired) electrons. The number of nitrogens with zero attached hydrogens (tertiary/aromatic N) is 2. The summed E-state index contributed by atoms with van der Waals surface area (Å²) in [6.07, 6.45) is 4.19. The highest BCUT2D eigenvalue weighted by Crippen LogP contribution is 2.26. The van der Waals surface area contributed by atoms with Crippen LogP contribution in [0.5, 0.6) is 0 Å². The maximum absolute atomic E-state index is 12.8. The number of pyridine rings is 1. The molecule has 0 atom stereocenters. The van der Waals surface area contributed by atoms with Gasteiger partial charge in [0.15, 0.2) is 5.58 Å². The molecule has 0 aliphatic rings. The summed E-state index contributed by atoms with van der Waals surface area (Å²) in [4.78, 5) is 21.4. The molecule has 0 unspecified atom stereocenters. The van der Waals surface area contributed by atoms with Crippen molar-refractivity contribution in [1.82, 2.24) is 9.97 Å². The zero-order valence-corrected chi connectivity index (χ0v) is 16.7. The van der Waals surface area contributed by atoms with Crippen molar-refractivity contribution in [2.24, 2.45) is 0 Å². The Labute approximate surface area is 179 Å². The summed E-state index contributed by atoms with van der Waals surface area (Å²) >= 11 is 0. The van der Waals surface area contributed by atoms with Gasteiger partial charge >= 0.3 is 0 Å². The Bertz CT molecular complexity index is 1350. The fourth-order valence-electron chi connectivity index (χ4n) is 3.48. The van der Waals surface area contributed by atoms with E-state index in [4.69, 9.17) is 4.42 Å². The molecule has 0 fully saturated rings. The molecule has 0 saturated heterocycles. The van der Waals surface area contributed by atoms with E-state index in [2.05, 4.69) is 27.4 Å². The Morgan fingerprint density at radius 1 is 0.871 bits per heavy atom. The van der Waals surface area contributed by atoms with Crippen LogP contribution in [0, 0.1) is 0 Å². The van der Waals surface area contributed by atoms with Gasteiger partial charge < -0.3 is 9.73 Å². The van der Waals surface area contributed by atoms with Crippen LogP contribution in [-0.4, -0.2) is 15.9 Å². The third-order valence-corrected chi connectivity index (χ3v) is 4.99. The lowest BCUT2D eigenvalue weighted by Gasteiger charge is -2.07. The average Bonchev–Trinajstić information content (AvgIpc) is 3.24. The summed E-state index contributed by atoms with van der Waals surface area (Å²) in [5.41, 5.74) is 5.71. The van der Waals surface area contributed by atoms with E-state index in [0.29, 0.717) is 28.2 Å². The maximum atomic E-state index is 12.8. The van der Waals surface area contributed by atoms with Gasteiger partial charge in [0.05, 0.1) is 5.56 Å². The molecule has 0 bridgehead atoms. The van der Waals surface area contributed by atoms with Crippen LogP contribution in [0.4, 0.5) is 5.69 Å². The first-order valence-electron chi connectivity index (χ1n) is 10.00. The Hall–Kier alpha value is -4.25. The summed E-state index contributed by atoms with van der Waals surface area (Å²) in [6.45, 7) is 0. The first-order chi connectivity index (χ1) is 15.2. The van der Waals surface area contributed by atoms with E-state index >= 15 is 0 Å². The van der Waals surface area contributed by atoms with Crippen molar-refractivity contribution in [2.45, 2.75) is 6.42 Å². The number of nitrogens with one attached hydrogen (secondary N) is 1. The van der Waals surface area contributed by atoms with Crippen LogP contribution in [0.25, 0.3) is 22.6 Å². The van der Waals surface area contributed by atoms with Gasteiger partial charge in [-0.05, 0) is 60.0 Å². The van der Waals surface area contributed by atoms with E-state index in [1.54, 1.807) is 12.4 Å². The Morgan fingerprint density at radius 3 is 2.58 bits per heavy atom. The van der Waals surface area contributed by atoms with E-state index in [1.165, 1.54) is 5.56 Å². The van der Waals surface area contributed by atoms with Crippen LogP contribution >= 0.6 is 0 Å². The normalized spacial score (nSPS) is 10.8. The quantitative estimate of drug-likeness (QED) is 0.405. The minimum Gasteiger partial charge on any atom is -0.436 e. The smallest absolute Gasteiger partial charge is 0.255 e. The van der Waals surface area contributed by atoms with Gasteiger partial charge in [0.2, 0.25) is 5.89 Å². The van der Waals surface area contributed by atoms with Gasteiger partial charge in [-0.15, -0.1) is 0 Å². The number of hydrogen-bond acceptors (Lipinski definition) is 4. The van der Waals surface area contributed by atoms with Gasteiger partial charge in [0.1, 0.15) is 5.52 Å². The summed E-state index contributed by atoms with van der Waals surface area (Å²) in [5, 5.41) is 2.96. The predicted molar refractivity (Wildman–Crippen MR) is 121 cm³/mol. The van der Waals surface area contributed by atoms with Crippen LogP contribution in [0.15, 0.2) is 102 Å². The van der Waals surface area contributed by atoms with Crippen molar-refractivity contribution >= 4 is 22.7 Å². The predicted octanol–water partition coefficient (Wildman–Crippen LogP) is 5.73. The second-order valence-corrected chi connectivity index (χ2v) is 7.26. The van der Waals surface area contributed by atoms with Crippen LogP contribution in [0.3, 0.4) is 0 Å². The van der Waals surface area contributed by atoms with Crippen molar-refractivity contribution in [3.8, 4) is 11.5 Å². The molecule has 5 nitrogen and oxygen atoms in total. The molecule has 5 aromatic rings. The number of carbonyl (C=O) groups excluding carboxylic acids is 1. The fourth-order valence-corrected chi connectivity index (χ4v) is 3.48. The summed E-state index contributed by atoms with van der Waals surface area (Å²) < 4.78 is 5.81. The molecule has 2 heterocycles. The number of fused-ring (bicyclic) bond motifs is 1. The van der Waals surface area contributed by atoms with Crippen molar-refractivity contribution < 1.29 is 9.21 Å². The number of hydrogen-bond donors (Lipinski definition) is 1. The average molecular weight is 405 g/mol. The molecule has 1 N–H and O–H groups in total. The molecular formula is C26H19N3O2. The molecule has 5 heteroatoms. The molecule has 1 amide bonds. The fraction of sp³-hybridized carbons (Fsp3) is 0.0385. The van der Waals surface area contributed by atoms with Crippen LogP contribution in [-0.2, 0) is 6.42 Å². The Balaban J connectivity index is 1.35. The number of anilines is 1. The first kappa shape index (κ1) is 18.8. The van der Waals surface area contributed by atoms with Crippen molar-refractivity contribution in [3.05, 3.63) is 114 Å². The lowest BCUT2D eigenvalue weighted by molar-refractivity contribution is 0.102. The van der Waals surface area contributed by atoms with Crippen molar-refractivity contribution in [1.29, 1.82) is 0 Å². The van der Waals surface area contributed by atoms with Gasteiger partial charge in [-0.3, -0.25) is 9.78 Å². The highest BCUT2D eigenvalue weighted by molar-refractivity contribution is 6.05. The van der Waals surface area contributed by atoms with E-state index in [9.17, 15) is 4.79 Å². The second-order valence-electron chi connectivity index (χ2n) is 7.26. The number of carbonyl (C=O) groups is 1. The maximum Gasteiger partial charge on any atom is 0.255 e. The van der Waals surface area contributed by atoms with Crippen LogP contribution < -0.4 is 5.32 Å². The van der Waals surface area contributed by atoms with Gasteiger partial charge in [-0.1, -0.05) is 42.5 Å². The zero-order valence-electron chi connectivity index (χ0n) is 16.7. The lowest BCUT2D eigenvalue weighted by Crippen LogP contribution is -2.12. The molecule has 3 aromatic carbocycles. The molecular weight excluding hydrogens is 386 g/mol. The first-order valence-corrected chi connectivity index (χ1v) is 10.00. The summed E-state index contributed by atoms with van der Waals surface area (Å²) in [5.74, 6) is 0.338. The van der Waals surface area contributed by atoms with Crippen LogP contribution in [0.2, 0.25) is 0 Å².